The van der Waals surface area contributed by atoms with Crippen LogP contribution in [0.25, 0.3) is 0 Å². The molecule has 1 aliphatic rings. The molecule has 0 saturated carbocycles. The van der Waals surface area contributed by atoms with E-state index >= 15 is 0 Å². The number of hydrogen-bond donors (Lipinski definition) is 0. The maximum atomic E-state index is 12.7. The van der Waals surface area contributed by atoms with Gasteiger partial charge in [-0.15, -0.1) is 0 Å². The first-order chi connectivity index (χ1) is 11.8. The number of benzene rings is 1. The molecular formula is C15H18N4O5S. The molecule has 3 rings (SSSR count). The highest BCUT2D eigenvalue weighted by molar-refractivity contribution is 7.88. The van der Waals surface area contributed by atoms with Crippen molar-refractivity contribution in [1.29, 1.82) is 0 Å². The Kier molecular flexibility index (Phi) is 4.82. The Labute approximate surface area is 144 Å². The molecule has 2 aromatic rings. The predicted molar refractivity (Wildman–Crippen MR) is 88.3 cm³/mol. The van der Waals surface area contributed by atoms with Crippen LogP contribution in [0.4, 0.5) is 5.69 Å². The van der Waals surface area contributed by atoms with Crippen LogP contribution in [0.1, 0.15) is 36.0 Å². The number of aryl methyl sites for hydroxylation is 1. The summed E-state index contributed by atoms with van der Waals surface area (Å²) in [5.74, 6) is 0.568. The van der Waals surface area contributed by atoms with Gasteiger partial charge in [-0.3, -0.25) is 10.1 Å². The van der Waals surface area contributed by atoms with Crippen molar-refractivity contribution >= 4 is 15.7 Å². The summed E-state index contributed by atoms with van der Waals surface area (Å²) in [6.45, 7) is 2.41. The summed E-state index contributed by atoms with van der Waals surface area (Å²) in [5, 5.41) is 14.6. The van der Waals surface area contributed by atoms with Crippen LogP contribution in [0, 0.1) is 17.0 Å². The third kappa shape index (κ3) is 4.02. The molecule has 0 N–H and O–H groups in total. The van der Waals surface area contributed by atoms with E-state index in [0.29, 0.717) is 30.2 Å². The molecule has 0 bridgehead atoms. The van der Waals surface area contributed by atoms with Crippen molar-refractivity contribution in [2.24, 2.45) is 0 Å². The first kappa shape index (κ1) is 17.5. The van der Waals surface area contributed by atoms with Crippen LogP contribution in [-0.2, 0) is 15.8 Å². The topological polar surface area (TPSA) is 119 Å². The van der Waals surface area contributed by atoms with E-state index in [1.54, 1.807) is 13.0 Å². The number of nitro benzene ring substituents is 1. The minimum atomic E-state index is -3.59. The van der Waals surface area contributed by atoms with Crippen molar-refractivity contribution < 1.29 is 17.9 Å². The molecule has 1 aromatic heterocycles. The first-order valence-corrected chi connectivity index (χ1v) is 9.47. The highest BCUT2D eigenvalue weighted by Crippen LogP contribution is 2.28. The van der Waals surface area contributed by atoms with Crippen molar-refractivity contribution in [2.45, 2.75) is 31.4 Å². The van der Waals surface area contributed by atoms with Gasteiger partial charge in [0.25, 0.3) is 5.69 Å². The summed E-state index contributed by atoms with van der Waals surface area (Å²) in [6.07, 6.45) is 1.48. The van der Waals surface area contributed by atoms with E-state index in [0.717, 1.165) is 6.42 Å². The lowest BCUT2D eigenvalue weighted by Gasteiger charge is -2.30. The number of nitro groups is 1. The van der Waals surface area contributed by atoms with Gasteiger partial charge in [0.1, 0.15) is 0 Å². The Balaban J connectivity index is 1.75. The second kappa shape index (κ2) is 6.89. The third-order valence-electron chi connectivity index (χ3n) is 4.14. The Morgan fingerprint density at radius 2 is 2.24 bits per heavy atom. The first-order valence-electron chi connectivity index (χ1n) is 7.86. The van der Waals surface area contributed by atoms with E-state index in [1.807, 2.05) is 0 Å². The molecule has 1 atom stereocenters. The largest absolute Gasteiger partial charge is 0.339 e. The molecule has 134 valence electrons. The second-order valence-corrected chi connectivity index (χ2v) is 8.03. The van der Waals surface area contributed by atoms with Crippen LogP contribution in [0.5, 0.6) is 0 Å². The molecule has 1 aliphatic heterocycles. The third-order valence-corrected chi connectivity index (χ3v) is 5.96. The predicted octanol–water partition coefficient (Wildman–Crippen LogP) is 2.00. The number of nitrogens with zero attached hydrogens (tertiary/aromatic N) is 4. The normalized spacial score (nSPS) is 19.0. The number of sulfonamides is 1. The van der Waals surface area contributed by atoms with Crippen molar-refractivity contribution in [1.82, 2.24) is 14.4 Å². The minimum Gasteiger partial charge on any atom is -0.339 e. The lowest BCUT2D eigenvalue weighted by Crippen LogP contribution is -2.39. The van der Waals surface area contributed by atoms with Crippen molar-refractivity contribution in [3.63, 3.8) is 0 Å². The van der Waals surface area contributed by atoms with E-state index in [2.05, 4.69) is 10.1 Å². The van der Waals surface area contributed by atoms with Crippen LogP contribution in [0.3, 0.4) is 0 Å². The van der Waals surface area contributed by atoms with Crippen LogP contribution in [0.2, 0.25) is 0 Å². The molecule has 2 heterocycles. The Hall–Kier alpha value is -2.33. The van der Waals surface area contributed by atoms with Crippen molar-refractivity contribution in [2.75, 3.05) is 13.1 Å². The van der Waals surface area contributed by atoms with Gasteiger partial charge in [-0.2, -0.15) is 4.98 Å². The fourth-order valence-corrected chi connectivity index (χ4v) is 4.54. The van der Waals surface area contributed by atoms with E-state index in [9.17, 15) is 18.5 Å². The molecule has 10 heteroatoms. The summed E-state index contributed by atoms with van der Waals surface area (Å²) >= 11 is 0. The van der Waals surface area contributed by atoms with Gasteiger partial charge in [-0.25, -0.2) is 12.7 Å². The van der Waals surface area contributed by atoms with Gasteiger partial charge in [0.2, 0.25) is 15.9 Å². The summed E-state index contributed by atoms with van der Waals surface area (Å²) in [4.78, 5) is 14.5. The molecule has 1 unspecified atom stereocenters. The van der Waals surface area contributed by atoms with Gasteiger partial charge in [0.15, 0.2) is 5.82 Å². The van der Waals surface area contributed by atoms with E-state index in [1.165, 1.54) is 22.5 Å². The lowest BCUT2D eigenvalue weighted by atomic mass is 10.00. The van der Waals surface area contributed by atoms with Crippen LogP contribution < -0.4 is 0 Å². The zero-order chi connectivity index (χ0) is 18.0. The Morgan fingerprint density at radius 1 is 1.44 bits per heavy atom. The average Bonchev–Trinajstić information content (AvgIpc) is 3.01. The molecule has 0 aliphatic carbocycles. The van der Waals surface area contributed by atoms with Gasteiger partial charge in [-0.05, 0) is 25.3 Å². The van der Waals surface area contributed by atoms with E-state index < -0.39 is 14.9 Å². The maximum absolute atomic E-state index is 12.7. The molecule has 1 saturated heterocycles. The fourth-order valence-electron chi connectivity index (χ4n) is 2.94. The molecule has 25 heavy (non-hydrogen) atoms. The minimum absolute atomic E-state index is 0.120. The monoisotopic (exact) mass is 366 g/mol. The molecule has 1 fully saturated rings. The van der Waals surface area contributed by atoms with Crippen molar-refractivity contribution in [3.05, 3.63) is 51.7 Å². The van der Waals surface area contributed by atoms with Crippen LogP contribution in [-0.4, -0.2) is 40.9 Å². The second-order valence-electron chi connectivity index (χ2n) is 6.06. The Morgan fingerprint density at radius 3 is 2.92 bits per heavy atom. The highest BCUT2D eigenvalue weighted by atomic mass is 32.2. The molecule has 0 spiro atoms. The average molecular weight is 366 g/mol. The zero-order valence-electron chi connectivity index (χ0n) is 13.7. The Bertz CT molecular complexity index is 880. The molecule has 1 aromatic carbocycles. The smallest absolute Gasteiger partial charge is 0.269 e. The summed E-state index contributed by atoms with van der Waals surface area (Å²) in [6, 6.07) is 5.70. The quantitative estimate of drug-likeness (QED) is 0.586. The van der Waals surface area contributed by atoms with E-state index in [4.69, 9.17) is 4.52 Å². The van der Waals surface area contributed by atoms with Gasteiger partial charge < -0.3 is 4.52 Å². The number of hydrogen-bond acceptors (Lipinski definition) is 7. The molecular weight excluding hydrogens is 348 g/mol. The van der Waals surface area contributed by atoms with Gasteiger partial charge in [0, 0.05) is 25.2 Å². The number of piperidine rings is 1. The number of rotatable bonds is 5. The summed E-state index contributed by atoms with van der Waals surface area (Å²) in [5.41, 5.74) is 0.274. The van der Waals surface area contributed by atoms with Gasteiger partial charge >= 0.3 is 0 Å². The zero-order valence-corrected chi connectivity index (χ0v) is 14.5. The lowest BCUT2D eigenvalue weighted by molar-refractivity contribution is -0.384. The molecule has 0 amide bonds. The SMILES string of the molecule is Cc1noc(C2CCCN(S(=O)(=O)Cc3cccc([N+](=O)[O-])c3)C2)n1. The summed E-state index contributed by atoms with van der Waals surface area (Å²) in [7, 11) is -3.59. The molecule has 9 nitrogen and oxygen atoms in total. The van der Waals surface area contributed by atoms with Crippen LogP contribution in [0.15, 0.2) is 28.8 Å². The maximum Gasteiger partial charge on any atom is 0.269 e. The number of non-ortho nitro benzene ring substituents is 1. The van der Waals surface area contributed by atoms with Crippen molar-refractivity contribution in [3.8, 4) is 0 Å². The molecule has 0 radical (unpaired) electrons. The van der Waals surface area contributed by atoms with E-state index in [-0.39, 0.29) is 23.9 Å². The fraction of sp³-hybridized carbons (Fsp3) is 0.467. The number of aromatic nitrogens is 2. The van der Waals surface area contributed by atoms with Gasteiger partial charge in [-0.1, -0.05) is 17.3 Å². The highest BCUT2D eigenvalue weighted by Gasteiger charge is 2.32. The van der Waals surface area contributed by atoms with Gasteiger partial charge in [0.05, 0.1) is 16.6 Å². The summed E-state index contributed by atoms with van der Waals surface area (Å²) < 4.78 is 32.0. The van der Waals surface area contributed by atoms with Crippen LogP contribution >= 0.6 is 0 Å². The standard InChI is InChI=1S/C15H18N4O5S/c1-11-16-15(24-17-11)13-5-3-7-18(9-13)25(22,23)10-12-4-2-6-14(8-12)19(20)21/h2,4,6,8,13H,3,5,7,9-10H2,1H3.